The van der Waals surface area contributed by atoms with Gasteiger partial charge in [-0.25, -0.2) is 0 Å². The van der Waals surface area contributed by atoms with Crippen molar-refractivity contribution < 1.29 is 4.79 Å². The fourth-order valence-corrected chi connectivity index (χ4v) is 1.26. The fourth-order valence-electron chi connectivity index (χ4n) is 1.26. The predicted molar refractivity (Wildman–Crippen MR) is 55.7 cm³/mol. The lowest BCUT2D eigenvalue weighted by molar-refractivity contribution is -0.120. The quantitative estimate of drug-likeness (QED) is 0.588. The third-order valence-electron chi connectivity index (χ3n) is 2.28. The van der Waals surface area contributed by atoms with Gasteiger partial charge in [-0.05, 0) is 25.8 Å². The molecule has 13 heavy (non-hydrogen) atoms. The molecule has 0 heterocycles. The maximum atomic E-state index is 10.9. The minimum atomic E-state index is 0.131. The lowest BCUT2D eigenvalue weighted by Crippen LogP contribution is -2.29. The molecule has 2 N–H and O–H groups in total. The van der Waals surface area contributed by atoms with Gasteiger partial charge >= 0.3 is 0 Å². The summed E-state index contributed by atoms with van der Waals surface area (Å²) in [5.41, 5.74) is 0. The standard InChI is InChI=1S/C10H22N2O/c1-4-9(5-2)12-8-6-7-10(13)11-3/h9,12H,4-8H2,1-3H3,(H,11,13). The van der Waals surface area contributed by atoms with E-state index in [-0.39, 0.29) is 5.91 Å². The lowest BCUT2D eigenvalue weighted by Gasteiger charge is -2.13. The number of hydrogen-bond donors (Lipinski definition) is 2. The van der Waals surface area contributed by atoms with Crippen molar-refractivity contribution in [2.24, 2.45) is 0 Å². The number of amides is 1. The van der Waals surface area contributed by atoms with Crippen molar-refractivity contribution in [1.29, 1.82) is 0 Å². The van der Waals surface area contributed by atoms with Crippen molar-refractivity contribution in [2.75, 3.05) is 13.6 Å². The van der Waals surface area contributed by atoms with Crippen molar-refractivity contribution in [3.05, 3.63) is 0 Å². The van der Waals surface area contributed by atoms with E-state index in [4.69, 9.17) is 0 Å². The van der Waals surface area contributed by atoms with E-state index in [1.165, 1.54) is 0 Å². The Morgan fingerprint density at radius 1 is 1.31 bits per heavy atom. The first-order chi connectivity index (χ1) is 6.24. The molecule has 0 saturated carbocycles. The zero-order valence-electron chi connectivity index (χ0n) is 9.02. The largest absolute Gasteiger partial charge is 0.359 e. The van der Waals surface area contributed by atoms with Crippen LogP contribution in [0, 0.1) is 0 Å². The Morgan fingerprint density at radius 2 is 1.92 bits per heavy atom. The number of nitrogens with one attached hydrogen (secondary N) is 2. The maximum Gasteiger partial charge on any atom is 0.219 e. The highest BCUT2D eigenvalue weighted by Crippen LogP contribution is 1.96. The molecule has 3 nitrogen and oxygen atoms in total. The second-order valence-corrected chi connectivity index (χ2v) is 3.24. The summed E-state index contributed by atoms with van der Waals surface area (Å²) < 4.78 is 0. The average molecular weight is 186 g/mol. The first-order valence-corrected chi connectivity index (χ1v) is 5.18. The van der Waals surface area contributed by atoms with Crippen LogP contribution < -0.4 is 10.6 Å². The van der Waals surface area contributed by atoms with Crippen LogP contribution in [0.1, 0.15) is 39.5 Å². The zero-order valence-corrected chi connectivity index (χ0v) is 9.02. The Kier molecular flexibility index (Phi) is 7.69. The first-order valence-electron chi connectivity index (χ1n) is 5.18. The van der Waals surface area contributed by atoms with Gasteiger partial charge < -0.3 is 10.6 Å². The van der Waals surface area contributed by atoms with Gasteiger partial charge in [-0.2, -0.15) is 0 Å². The van der Waals surface area contributed by atoms with E-state index in [1.54, 1.807) is 7.05 Å². The Morgan fingerprint density at radius 3 is 2.38 bits per heavy atom. The summed E-state index contributed by atoms with van der Waals surface area (Å²) in [6.45, 7) is 5.31. The highest BCUT2D eigenvalue weighted by molar-refractivity contribution is 5.75. The number of rotatable bonds is 7. The molecule has 0 unspecified atom stereocenters. The number of hydrogen-bond acceptors (Lipinski definition) is 2. The van der Waals surface area contributed by atoms with Crippen LogP contribution in [0.4, 0.5) is 0 Å². The molecule has 78 valence electrons. The molecule has 0 rings (SSSR count). The molecule has 3 heteroatoms. The topological polar surface area (TPSA) is 41.1 Å². The summed E-state index contributed by atoms with van der Waals surface area (Å²) in [4.78, 5) is 10.9. The Bertz CT molecular complexity index is 133. The van der Waals surface area contributed by atoms with E-state index in [9.17, 15) is 4.79 Å². The fraction of sp³-hybridized carbons (Fsp3) is 0.900. The Hall–Kier alpha value is -0.570. The lowest BCUT2D eigenvalue weighted by atomic mass is 10.1. The summed E-state index contributed by atoms with van der Waals surface area (Å²) in [7, 11) is 1.68. The maximum absolute atomic E-state index is 10.9. The van der Waals surface area contributed by atoms with Crippen LogP contribution in [0.15, 0.2) is 0 Å². The third kappa shape index (κ3) is 6.58. The van der Waals surface area contributed by atoms with Crippen LogP contribution in [0.5, 0.6) is 0 Å². The summed E-state index contributed by atoms with van der Waals surface area (Å²) in [6, 6.07) is 0.615. The average Bonchev–Trinajstić information content (AvgIpc) is 2.18. The van der Waals surface area contributed by atoms with Gasteiger partial charge in [0.2, 0.25) is 5.91 Å². The van der Waals surface area contributed by atoms with Crippen LogP contribution in [0.3, 0.4) is 0 Å². The van der Waals surface area contributed by atoms with E-state index < -0.39 is 0 Å². The normalized spacial score (nSPS) is 10.5. The first kappa shape index (κ1) is 12.4. The van der Waals surface area contributed by atoms with E-state index in [0.717, 1.165) is 25.8 Å². The predicted octanol–water partition coefficient (Wildman–Crippen LogP) is 1.29. The van der Waals surface area contributed by atoms with Gasteiger partial charge in [0.15, 0.2) is 0 Å². The molecule has 0 aromatic carbocycles. The van der Waals surface area contributed by atoms with Crippen molar-refractivity contribution in [3.63, 3.8) is 0 Å². The molecule has 0 saturated heterocycles. The summed E-state index contributed by atoms with van der Waals surface area (Å²) in [6.07, 6.45) is 3.88. The SMILES string of the molecule is CCC(CC)NCCCC(=O)NC. The van der Waals surface area contributed by atoms with Gasteiger partial charge in [0.1, 0.15) is 0 Å². The van der Waals surface area contributed by atoms with Crippen LogP contribution in [0.2, 0.25) is 0 Å². The monoisotopic (exact) mass is 186 g/mol. The Labute approximate surface area is 81.3 Å². The van der Waals surface area contributed by atoms with Crippen molar-refractivity contribution in [2.45, 2.75) is 45.6 Å². The molecule has 1 amide bonds. The second kappa shape index (κ2) is 8.05. The van der Waals surface area contributed by atoms with Crippen LogP contribution in [-0.2, 0) is 4.79 Å². The van der Waals surface area contributed by atoms with Crippen LogP contribution in [0.25, 0.3) is 0 Å². The molecule has 0 aliphatic heterocycles. The summed E-state index contributed by atoms with van der Waals surface area (Å²) in [5.74, 6) is 0.131. The zero-order chi connectivity index (χ0) is 10.1. The molecular weight excluding hydrogens is 164 g/mol. The van der Waals surface area contributed by atoms with Gasteiger partial charge in [0.25, 0.3) is 0 Å². The molecule has 0 spiro atoms. The molecule has 0 bridgehead atoms. The van der Waals surface area contributed by atoms with Crippen LogP contribution in [-0.4, -0.2) is 25.5 Å². The molecule has 0 aromatic heterocycles. The van der Waals surface area contributed by atoms with Gasteiger partial charge in [-0.3, -0.25) is 4.79 Å². The number of carbonyl (C=O) groups excluding carboxylic acids is 1. The van der Waals surface area contributed by atoms with Gasteiger partial charge in [0, 0.05) is 19.5 Å². The molecule has 0 radical (unpaired) electrons. The molecular formula is C10H22N2O. The summed E-state index contributed by atoms with van der Waals surface area (Å²) in [5, 5.41) is 6.03. The van der Waals surface area contributed by atoms with E-state index in [2.05, 4.69) is 24.5 Å². The van der Waals surface area contributed by atoms with Gasteiger partial charge in [-0.1, -0.05) is 13.8 Å². The molecule has 0 aromatic rings. The smallest absolute Gasteiger partial charge is 0.219 e. The molecule has 0 fully saturated rings. The van der Waals surface area contributed by atoms with Gasteiger partial charge in [-0.15, -0.1) is 0 Å². The Balaban J connectivity index is 3.28. The number of carbonyl (C=O) groups is 1. The highest BCUT2D eigenvalue weighted by atomic mass is 16.1. The second-order valence-electron chi connectivity index (χ2n) is 3.24. The van der Waals surface area contributed by atoms with Crippen molar-refractivity contribution in [1.82, 2.24) is 10.6 Å². The van der Waals surface area contributed by atoms with E-state index >= 15 is 0 Å². The molecule has 0 aliphatic carbocycles. The van der Waals surface area contributed by atoms with Gasteiger partial charge in [0.05, 0.1) is 0 Å². The van der Waals surface area contributed by atoms with E-state index in [0.29, 0.717) is 12.5 Å². The van der Waals surface area contributed by atoms with Crippen LogP contribution >= 0.6 is 0 Å². The highest BCUT2D eigenvalue weighted by Gasteiger charge is 2.02. The minimum absolute atomic E-state index is 0.131. The van der Waals surface area contributed by atoms with Crippen molar-refractivity contribution in [3.8, 4) is 0 Å². The minimum Gasteiger partial charge on any atom is -0.359 e. The molecule has 0 atom stereocenters. The van der Waals surface area contributed by atoms with E-state index in [1.807, 2.05) is 0 Å². The summed E-state index contributed by atoms with van der Waals surface area (Å²) >= 11 is 0. The van der Waals surface area contributed by atoms with Crippen molar-refractivity contribution >= 4 is 5.91 Å². The molecule has 0 aliphatic rings. The third-order valence-corrected chi connectivity index (χ3v) is 2.28.